The van der Waals surface area contributed by atoms with E-state index in [1.165, 1.54) is 0 Å². The van der Waals surface area contributed by atoms with Gasteiger partial charge >= 0.3 is 0 Å². The van der Waals surface area contributed by atoms with Gasteiger partial charge in [-0.3, -0.25) is 0 Å². The summed E-state index contributed by atoms with van der Waals surface area (Å²) in [5.74, 6) is 1.15. The Morgan fingerprint density at radius 3 is 2.60 bits per heavy atom. The van der Waals surface area contributed by atoms with Crippen LogP contribution in [0.1, 0.15) is 19.3 Å². The molecular weight excluding hydrogens is 194 g/mol. The summed E-state index contributed by atoms with van der Waals surface area (Å²) in [6, 6.07) is 0. The monoisotopic (exact) mass is 209 g/mol. The van der Waals surface area contributed by atoms with E-state index < -0.39 is 5.60 Å². The molecule has 0 saturated heterocycles. The van der Waals surface area contributed by atoms with Gasteiger partial charge in [0.1, 0.15) is 0 Å². The van der Waals surface area contributed by atoms with Crippen LogP contribution in [0.5, 0.6) is 5.75 Å². The van der Waals surface area contributed by atoms with Crippen molar-refractivity contribution in [3.8, 4) is 5.75 Å². The van der Waals surface area contributed by atoms with Crippen LogP contribution < -0.4 is 10.1 Å². The molecule has 0 unspecified atom stereocenters. The Morgan fingerprint density at radius 1 is 1.47 bits per heavy atom. The van der Waals surface area contributed by atoms with E-state index in [2.05, 4.69) is 15.3 Å². The Kier molecular flexibility index (Phi) is 2.73. The van der Waals surface area contributed by atoms with Gasteiger partial charge < -0.3 is 15.2 Å². The van der Waals surface area contributed by atoms with E-state index in [0.29, 0.717) is 18.2 Å². The lowest BCUT2D eigenvalue weighted by Gasteiger charge is -2.36. The fourth-order valence-electron chi connectivity index (χ4n) is 1.52. The molecule has 1 aromatic heterocycles. The number of nitrogens with zero attached hydrogens (tertiary/aromatic N) is 2. The van der Waals surface area contributed by atoms with Crippen molar-refractivity contribution >= 4 is 5.95 Å². The summed E-state index contributed by atoms with van der Waals surface area (Å²) in [7, 11) is 1.57. The molecule has 5 heteroatoms. The van der Waals surface area contributed by atoms with Crippen molar-refractivity contribution in [2.24, 2.45) is 0 Å². The first kappa shape index (κ1) is 10.2. The number of anilines is 1. The molecule has 2 N–H and O–H groups in total. The van der Waals surface area contributed by atoms with Crippen LogP contribution in [0.3, 0.4) is 0 Å². The second-order valence-electron chi connectivity index (χ2n) is 3.88. The Bertz CT molecular complexity index is 322. The smallest absolute Gasteiger partial charge is 0.222 e. The molecule has 1 aliphatic rings. The molecule has 1 aromatic rings. The topological polar surface area (TPSA) is 67.3 Å². The lowest BCUT2D eigenvalue weighted by atomic mass is 9.80. The summed E-state index contributed by atoms with van der Waals surface area (Å²) in [6.07, 6.45) is 6.01. The molecule has 0 atom stereocenters. The Hall–Kier alpha value is -1.36. The maximum atomic E-state index is 9.83. The average Bonchev–Trinajstić information content (AvgIpc) is 2.24. The number of ether oxygens (including phenoxy) is 1. The molecule has 1 aliphatic carbocycles. The zero-order chi connectivity index (χ0) is 10.7. The highest BCUT2D eigenvalue weighted by atomic mass is 16.5. The fraction of sp³-hybridized carbons (Fsp3) is 0.600. The van der Waals surface area contributed by atoms with Crippen LogP contribution in [0, 0.1) is 0 Å². The average molecular weight is 209 g/mol. The van der Waals surface area contributed by atoms with Gasteiger partial charge in [-0.25, -0.2) is 9.97 Å². The van der Waals surface area contributed by atoms with Gasteiger partial charge in [0.15, 0.2) is 5.75 Å². The molecule has 2 rings (SSSR count). The largest absolute Gasteiger partial charge is 0.494 e. The minimum atomic E-state index is -0.552. The van der Waals surface area contributed by atoms with E-state index in [9.17, 15) is 5.11 Å². The normalized spacial score (nSPS) is 18.0. The first-order valence-electron chi connectivity index (χ1n) is 5.04. The number of aromatic nitrogens is 2. The molecule has 0 radical (unpaired) electrons. The summed E-state index contributed by atoms with van der Waals surface area (Å²) >= 11 is 0. The highest BCUT2D eigenvalue weighted by molar-refractivity contribution is 5.27. The first-order valence-corrected chi connectivity index (χ1v) is 5.04. The van der Waals surface area contributed by atoms with Crippen molar-refractivity contribution in [2.45, 2.75) is 24.9 Å². The molecule has 0 aromatic carbocycles. The molecule has 0 aliphatic heterocycles. The minimum absolute atomic E-state index is 0.513. The predicted octanol–water partition coefficient (Wildman–Crippen LogP) is 0.812. The van der Waals surface area contributed by atoms with Gasteiger partial charge in [0.25, 0.3) is 0 Å². The van der Waals surface area contributed by atoms with Gasteiger partial charge in [-0.1, -0.05) is 0 Å². The summed E-state index contributed by atoms with van der Waals surface area (Å²) in [5.41, 5.74) is -0.552. The SMILES string of the molecule is COc1cnc(NCC2(O)CCC2)nc1. The Morgan fingerprint density at radius 2 is 2.13 bits per heavy atom. The summed E-state index contributed by atoms with van der Waals surface area (Å²) in [4.78, 5) is 8.11. The van der Waals surface area contributed by atoms with Crippen molar-refractivity contribution in [3.05, 3.63) is 12.4 Å². The van der Waals surface area contributed by atoms with Crippen molar-refractivity contribution in [3.63, 3.8) is 0 Å². The second-order valence-corrected chi connectivity index (χ2v) is 3.88. The lowest BCUT2D eigenvalue weighted by Crippen LogP contribution is -2.43. The summed E-state index contributed by atoms with van der Waals surface area (Å²) < 4.78 is 4.94. The van der Waals surface area contributed by atoms with Gasteiger partial charge in [-0.15, -0.1) is 0 Å². The summed E-state index contributed by atoms with van der Waals surface area (Å²) in [5, 5.41) is 12.8. The van der Waals surface area contributed by atoms with Gasteiger partial charge in [-0.05, 0) is 19.3 Å². The van der Waals surface area contributed by atoms with Crippen LogP contribution in [0.15, 0.2) is 12.4 Å². The molecular formula is C10H15N3O2. The molecule has 5 nitrogen and oxygen atoms in total. The third-order valence-corrected chi connectivity index (χ3v) is 2.72. The third kappa shape index (κ3) is 2.36. The van der Waals surface area contributed by atoms with Gasteiger partial charge in [-0.2, -0.15) is 0 Å². The zero-order valence-electron chi connectivity index (χ0n) is 8.73. The van der Waals surface area contributed by atoms with Crippen LogP contribution in [-0.2, 0) is 0 Å². The van der Waals surface area contributed by atoms with Crippen molar-refractivity contribution < 1.29 is 9.84 Å². The zero-order valence-corrected chi connectivity index (χ0v) is 8.73. The third-order valence-electron chi connectivity index (χ3n) is 2.72. The van der Waals surface area contributed by atoms with E-state index in [4.69, 9.17) is 4.74 Å². The van der Waals surface area contributed by atoms with E-state index in [1.54, 1.807) is 19.5 Å². The standard InChI is InChI=1S/C10H15N3O2/c1-15-8-5-11-9(12-6-8)13-7-10(14)3-2-4-10/h5-6,14H,2-4,7H2,1H3,(H,11,12,13). The Balaban J connectivity index is 1.87. The molecule has 0 bridgehead atoms. The molecule has 1 saturated carbocycles. The van der Waals surface area contributed by atoms with Gasteiger partial charge in [0, 0.05) is 6.54 Å². The quantitative estimate of drug-likeness (QED) is 0.768. The molecule has 1 fully saturated rings. The van der Waals surface area contributed by atoms with Crippen LogP contribution in [-0.4, -0.2) is 34.3 Å². The molecule has 1 heterocycles. The molecule has 0 spiro atoms. The minimum Gasteiger partial charge on any atom is -0.494 e. The first-order chi connectivity index (χ1) is 7.22. The van der Waals surface area contributed by atoms with Gasteiger partial charge in [0.05, 0.1) is 25.1 Å². The summed E-state index contributed by atoms with van der Waals surface area (Å²) in [6.45, 7) is 0.513. The van der Waals surface area contributed by atoms with Crippen LogP contribution in [0.25, 0.3) is 0 Å². The van der Waals surface area contributed by atoms with E-state index in [1.807, 2.05) is 0 Å². The second kappa shape index (κ2) is 4.02. The van der Waals surface area contributed by atoms with Crippen LogP contribution in [0.4, 0.5) is 5.95 Å². The number of rotatable bonds is 4. The van der Waals surface area contributed by atoms with Crippen LogP contribution >= 0.6 is 0 Å². The van der Waals surface area contributed by atoms with Crippen molar-refractivity contribution in [2.75, 3.05) is 19.0 Å². The van der Waals surface area contributed by atoms with E-state index in [-0.39, 0.29) is 0 Å². The Labute approximate surface area is 88.5 Å². The maximum absolute atomic E-state index is 9.83. The highest BCUT2D eigenvalue weighted by Gasteiger charge is 2.34. The molecule has 15 heavy (non-hydrogen) atoms. The predicted molar refractivity (Wildman–Crippen MR) is 55.9 cm³/mol. The lowest BCUT2D eigenvalue weighted by molar-refractivity contribution is -0.0203. The number of nitrogens with one attached hydrogen (secondary N) is 1. The van der Waals surface area contributed by atoms with Crippen LogP contribution in [0.2, 0.25) is 0 Å². The van der Waals surface area contributed by atoms with Crippen molar-refractivity contribution in [1.82, 2.24) is 9.97 Å². The highest BCUT2D eigenvalue weighted by Crippen LogP contribution is 2.31. The molecule has 82 valence electrons. The number of hydrogen-bond acceptors (Lipinski definition) is 5. The number of hydrogen-bond donors (Lipinski definition) is 2. The van der Waals surface area contributed by atoms with E-state index >= 15 is 0 Å². The van der Waals surface area contributed by atoms with E-state index in [0.717, 1.165) is 19.3 Å². The number of methoxy groups -OCH3 is 1. The van der Waals surface area contributed by atoms with Gasteiger partial charge in [0.2, 0.25) is 5.95 Å². The fourth-order valence-corrected chi connectivity index (χ4v) is 1.52. The van der Waals surface area contributed by atoms with Crippen molar-refractivity contribution in [1.29, 1.82) is 0 Å². The molecule has 0 amide bonds. The maximum Gasteiger partial charge on any atom is 0.222 e. The number of aliphatic hydroxyl groups is 1.